The zero-order valence-corrected chi connectivity index (χ0v) is 7.10. The lowest BCUT2D eigenvalue weighted by Crippen LogP contribution is -2.20. The summed E-state index contributed by atoms with van der Waals surface area (Å²) in [6.07, 6.45) is -7.19. The normalized spacial score (nSPS) is 14.2. The van der Waals surface area contributed by atoms with Gasteiger partial charge in [0, 0.05) is 10.6 Å². The van der Waals surface area contributed by atoms with Crippen LogP contribution in [0.1, 0.15) is 11.7 Å². The largest absolute Gasteiger partial charge is 0.418 e. The predicted octanol–water partition coefficient (Wildman–Crippen LogP) is 2.94. The van der Waals surface area contributed by atoms with Gasteiger partial charge in [-0.25, -0.2) is 0 Å². The number of hydrogen-bond acceptors (Lipinski definition) is 1. The molecule has 5 heteroatoms. The fraction of sp³-hybridized carbons (Fsp3) is 0.250. The van der Waals surface area contributed by atoms with Gasteiger partial charge in [0.15, 0.2) is 6.10 Å². The van der Waals surface area contributed by atoms with E-state index in [2.05, 4.69) is 0 Å². The van der Waals surface area contributed by atoms with E-state index in [0.717, 1.165) is 6.07 Å². The van der Waals surface area contributed by atoms with Crippen molar-refractivity contribution in [2.24, 2.45) is 0 Å². The van der Waals surface area contributed by atoms with Gasteiger partial charge in [-0.05, 0) is 6.07 Å². The molecule has 0 aliphatic carbocycles. The standard InChI is InChI=1S/C8H6ClF3O/c9-6-4-2-1-3-5(6)7(13)8(10,11)12/h1-4,7,13H/t7-/m0/s1. The van der Waals surface area contributed by atoms with Crippen molar-refractivity contribution in [3.05, 3.63) is 34.9 Å². The third-order valence-corrected chi connectivity index (χ3v) is 1.85. The Hall–Kier alpha value is -0.740. The average Bonchev–Trinajstić information content (AvgIpc) is 2.02. The second kappa shape index (κ2) is 3.55. The summed E-state index contributed by atoms with van der Waals surface area (Å²) in [4.78, 5) is 0. The summed E-state index contributed by atoms with van der Waals surface area (Å²) in [5.74, 6) is 0. The second-order valence-corrected chi connectivity index (χ2v) is 2.87. The van der Waals surface area contributed by atoms with E-state index in [1.807, 2.05) is 0 Å². The van der Waals surface area contributed by atoms with Crippen LogP contribution in [0, 0.1) is 0 Å². The molecule has 0 unspecified atom stereocenters. The minimum atomic E-state index is -4.68. The van der Waals surface area contributed by atoms with Crippen LogP contribution >= 0.6 is 11.6 Å². The Morgan fingerprint density at radius 1 is 1.23 bits per heavy atom. The fourth-order valence-electron chi connectivity index (χ4n) is 0.873. The van der Waals surface area contributed by atoms with Gasteiger partial charge in [-0.3, -0.25) is 0 Å². The first-order chi connectivity index (χ1) is 5.93. The van der Waals surface area contributed by atoms with Crippen LogP contribution in [0.25, 0.3) is 0 Å². The van der Waals surface area contributed by atoms with Crippen LogP contribution in [0.2, 0.25) is 5.02 Å². The van der Waals surface area contributed by atoms with Crippen LogP contribution in [-0.4, -0.2) is 11.3 Å². The zero-order valence-electron chi connectivity index (χ0n) is 6.35. The Morgan fingerprint density at radius 2 is 1.77 bits per heavy atom. The first-order valence-corrected chi connectivity index (χ1v) is 3.80. The summed E-state index contributed by atoms with van der Waals surface area (Å²) >= 11 is 5.47. The average molecular weight is 211 g/mol. The van der Waals surface area contributed by atoms with E-state index < -0.39 is 12.3 Å². The number of aliphatic hydroxyl groups excluding tert-OH is 1. The number of alkyl halides is 3. The van der Waals surface area contributed by atoms with Gasteiger partial charge in [-0.1, -0.05) is 29.8 Å². The minimum absolute atomic E-state index is 0.0904. The zero-order chi connectivity index (χ0) is 10.1. The Morgan fingerprint density at radius 3 is 2.23 bits per heavy atom. The highest BCUT2D eigenvalue weighted by atomic mass is 35.5. The summed E-state index contributed by atoms with van der Waals surface area (Å²) in [5.41, 5.74) is -0.323. The molecule has 1 aromatic rings. The highest BCUT2D eigenvalue weighted by molar-refractivity contribution is 6.31. The molecule has 0 fully saturated rings. The molecule has 13 heavy (non-hydrogen) atoms. The summed E-state index contributed by atoms with van der Waals surface area (Å²) in [6, 6.07) is 5.32. The molecule has 0 saturated carbocycles. The smallest absolute Gasteiger partial charge is 0.379 e. The van der Waals surface area contributed by atoms with Gasteiger partial charge in [0.1, 0.15) is 0 Å². The van der Waals surface area contributed by atoms with Gasteiger partial charge in [-0.15, -0.1) is 0 Å². The lowest BCUT2D eigenvalue weighted by atomic mass is 10.1. The topological polar surface area (TPSA) is 20.2 Å². The number of hydrogen-bond donors (Lipinski definition) is 1. The summed E-state index contributed by atoms with van der Waals surface area (Å²) in [7, 11) is 0. The molecule has 0 aliphatic rings. The SMILES string of the molecule is O[C@@H](c1ccccc1Cl)C(F)(F)F. The maximum absolute atomic E-state index is 12.0. The third-order valence-electron chi connectivity index (χ3n) is 1.51. The van der Waals surface area contributed by atoms with Gasteiger partial charge in [0.05, 0.1) is 0 Å². The van der Waals surface area contributed by atoms with Gasteiger partial charge < -0.3 is 5.11 Å². The van der Waals surface area contributed by atoms with Gasteiger partial charge in [0.2, 0.25) is 0 Å². The highest BCUT2D eigenvalue weighted by Crippen LogP contribution is 2.35. The maximum atomic E-state index is 12.0. The molecule has 0 aromatic heterocycles. The summed E-state index contributed by atoms with van der Waals surface area (Å²) in [5, 5.41) is 8.74. The van der Waals surface area contributed by atoms with E-state index in [-0.39, 0.29) is 10.6 Å². The molecule has 1 N–H and O–H groups in total. The molecular formula is C8H6ClF3O. The van der Waals surface area contributed by atoms with Crippen LogP contribution in [0.15, 0.2) is 24.3 Å². The molecule has 1 nitrogen and oxygen atoms in total. The van der Waals surface area contributed by atoms with Gasteiger partial charge >= 0.3 is 6.18 Å². The van der Waals surface area contributed by atoms with Crippen LogP contribution in [0.3, 0.4) is 0 Å². The van der Waals surface area contributed by atoms with Crippen molar-refractivity contribution in [3.63, 3.8) is 0 Å². The van der Waals surface area contributed by atoms with E-state index >= 15 is 0 Å². The molecule has 0 amide bonds. The van der Waals surface area contributed by atoms with E-state index in [0.29, 0.717) is 0 Å². The summed E-state index contributed by atoms with van der Waals surface area (Å²) < 4.78 is 36.0. The quantitative estimate of drug-likeness (QED) is 0.756. The molecule has 0 saturated heterocycles. The Balaban J connectivity index is 3.02. The Labute approximate surface area is 77.8 Å². The fourth-order valence-corrected chi connectivity index (χ4v) is 1.11. The van der Waals surface area contributed by atoms with E-state index in [1.165, 1.54) is 18.2 Å². The van der Waals surface area contributed by atoms with Crippen molar-refractivity contribution >= 4 is 11.6 Å². The Bertz CT molecular complexity index is 298. The van der Waals surface area contributed by atoms with E-state index in [9.17, 15) is 13.2 Å². The first kappa shape index (κ1) is 10.3. The van der Waals surface area contributed by atoms with Crippen LogP contribution in [0.4, 0.5) is 13.2 Å². The number of aliphatic hydroxyl groups is 1. The third kappa shape index (κ3) is 2.35. The number of halogens is 4. The van der Waals surface area contributed by atoms with Crippen molar-refractivity contribution < 1.29 is 18.3 Å². The summed E-state index contributed by atoms with van der Waals surface area (Å²) in [6.45, 7) is 0. The van der Waals surface area contributed by atoms with Crippen molar-refractivity contribution in [1.29, 1.82) is 0 Å². The van der Waals surface area contributed by atoms with Gasteiger partial charge in [-0.2, -0.15) is 13.2 Å². The number of benzene rings is 1. The van der Waals surface area contributed by atoms with Crippen molar-refractivity contribution in [3.8, 4) is 0 Å². The van der Waals surface area contributed by atoms with Crippen molar-refractivity contribution in [2.75, 3.05) is 0 Å². The molecule has 1 aromatic carbocycles. The lowest BCUT2D eigenvalue weighted by Gasteiger charge is -2.15. The molecule has 0 aliphatic heterocycles. The Kier molecular flexibility index (Phi) is 2.83. The molecule has 0 heterocycles. The van der Waals surface area contributed by atoms with Crippen molar-refractivity contribution in [1.82, 2.24) is 0 Å². The monoisotopic (exact) mass is 210 g/mol. The molecule has 72 valence electrons. The second-order valence-electron chi connectivity index (χ2n) is 2.47. The molecular weight excluding hydrogens is 205 g/mol. The molecule has 0 bridgehead atoms. The first-order valence-electron chi connectivity index (χ1n) is 3.42. The van der Waals surface area contributed by atoms with Gasteiger partial charge in [0.25, 0.3) is 0 Å². The van der Waals surface area contributed by atoms with Crippen LogP contribution in [0.5, 0.6) is 0 Å². The predicted molar refractivity (Wildman–Crippen MR) is 42.5 cm³/mol. The highest BCUT2D eigenvalue weighted by Gasteiger charge is 2.40. The van der Waals surface area contributed by atoms with Crippen LogP contribution in [-0.2, 0) is 0 Å². The molecule has 1 atom stereocenters. The van der Waals surface area contributed by atoms with Crippen LogP contribution < -0.4 is 0 Å². The molecule has 0 spiro atoms. The lowest BCUT2D eigenvalue weighted by molar-refractivity contribution is -0.206. The minimum Gasteiger partial charge on any atom is -0.379 e. The molecule has 1 rings (SSSR count). The maximum Gasteiger partial charge on any atom is 0.418 e. The molecule has 0 radical (unpaired) electrons. The van der Waals surface area contributed by atoms with E-state index in [4.69, 9.17) is 16.7 Å². The van der Waals surface area contributed by atoms with Crippen molar-refractivity contribution in [2.45, 2.75) is 12.3 Å². The number of rotatable bonds is 1. The van der Waals surface area contributed by atoms with E-state index in [1.54, 1.807) is 0 Å².